The summed E-state index contributed by atoms with van der Waals surface area (Å²) in [4.78, 5) is 11.0. The van der Waals surface area contributed by atoms with Gasteiger partial charge >= 0.3 is 0 Å². The molecule has 0 amide bonds. The average Bonchev–Trinajstić information content (AvgIpc) is 1.90. The van der Waals surface area contributed by atoms with E-state index in [2.05, 4.69) is 12.2 Å². The molecule has 9 heavy (non-hydrogen) atoms. The summed E-state index contributed by atoms with van der Waals surface area (Å²) in [5.41, 5.74) is 0. The highest BCUT2D eigenvalue weighted by molar-refractivity contribution is 5.84. The van der Waals surface area contributed by atoms with Crippen molar-refractivity contribution in [3.8, 4) is 0 Å². The molecule has 3 rings (SSSR count). The first-order chi connectivity index (χ1) is 4.36. The van der Waals surface area contributed by atoms with Crippen molar-refractivity contribution < 1.29 is 4.79 Å². The van der Waals surface area contributed by atoms with Crippen molar-refractivity contribution in [2.24, 2.45) is 11.8 Å². The molecule has 0 aromatic rings. The Bertz CT molecular complexity index is 169. The predicted molar refractivity (Wildman–Crippen MR) is 35.0 cm³/mol. The summed E-state index contributed by atoms with van der Waals surface area (Å²) >= 11 is 0. The molecule has 48 valence electrons. The summed E-state index contributed by atoms with van der Waals surface area (Å²) in [6.45, 7) is 0. The van der Waals surface area contributed by atoms with Gasteiger partial charge in [-0.3, -0.25) is 4.79 Å². The first-order valence-corrected chi connectivity index (χ1v) is 3.57. The van der Waals surface area contributed by atoms with Gasteiger partial charge in [0.05, 0.1) is 0 Å². The number of ketones is 1. The van der Waals surface area contributed by atoms with Crippen LogP contribution < -0.4 is 0 Å². The van der Waals surface area contributed by atoms with Gasteiger partial charge in [-0.05, 0) is 18.8 Å². The molecule has 1 saturated carbocycles. The zero-order chi connectivity index (χ0) is 6.27. The first-order valence-electron chi connectivity index (χ1n) is 3.57. The summed E-state index contributed by atoms with van der Waals surface area (Å²) < 4.78 is 0. The fourth-order valence-corrected chi connectivity index (χ4v) is 1.73. The molecule has 0 spiro atoms. The second kappa shape index (κ2) is 1.69. The molecule has 0 radical (unpaired) electrons. The minimum Gasteiger partial charge on any atom is -0.299 e. The van der Waals surface area contributed by atoms with Crippen molar-refractivity contribution in [1.29, 1.82) is 0 Å². The van der Waals surface area contributed by atoms with Crippen molar-refractivity contribution in [3.05, 3.63) is 12.2 Å². The molecular formula is C8H10O. The van der Waals surface area contributed by atoms with E-state index >= 15 is 0 Å². The largest absolute Gasteiger partial charge is 0.299 e. The standard InChI is InChI=1S/C8H10O/c9-8-5-6-1-3-7(8)4-2-6/h1,3,6-7H,2,4-5H2/t6?,7-/m0/s1. The number of Topliss-reactive ketones (excluding diaryl/α,β-unsaturated/α-hetero) is 1. The maximum Gasteiger partial charge on any atom is 0.140 e. The number of hydrogen-bond acceptors (Lipinski definition) is 1. The van der Waals surface area contributed by atoms with Crippen LogP contribution in [0.1, 0.15) is 19.3 Å². The summed E-state index contributed by atoms with van der Waals surface area (Å²) in [7, 11) is 0. The topological polar surface area (TPSA) is 17.1 Å². The third kappa shape index (κ3) is 0.716. The maximum absolute atomic E-state index is 11.0. The number of carbonyl (C=O) groups excluding carboxylic acids is 1. The number of rotatable bonds is 0. The zero-order valence-electron chi connectivity index (χ0n) is 5.34. The Hall–Kier alpha value is -0.590. The molecule has 3 aliphatic carbocycles. The molecule has 1 fully saturated rings. The van der Waals surface area contributed by atoms with Crippen LogP contribution in [0.4, 0.5) is 0 Å². The molecule has 1 heteroatoms. The molecule has 0 aromatic carbocycles. The first kappa shape index (κ1) is 5.21. The van der Waals surface area contributed by atoms with Gasteiger partial charge in [0.25, 0.3) is 0 Å². The number of fused-ring (bicyclic) bond motifs is 2. The molecule has 1 unspecified atom stereocenters. The smallest absolute Gasteiger partial charge is 0.140 e. The number of carbonyl (C=O) groups is 1. The molecule has 0 saturated heterocycles. The van der Waals surface area contributed by atoms with E-state index in [0.717, 1.165) is 12.8 Å². The fraction of sp³-hybridized carbons (Fsp3) is 0.625. The zero-order valence-corrected chi connectivity index (χ0v) is 5.34. The van der Waals surface area contributed by atoms with Gasteiger partial charge in [-0.2, -0.15) is 0 Å². The van der Waals surface area contributed by atoms with Gasteiger partial charge in [-0.25, -0.2) is 0 Å². The summed E-state index contributed by atoms with van der Waals surface area (Å²) in [6, 6.07) is 0. The second-order valence-electron chi connectivity index (χ2n) is 3.00. The predicted octanol–water partition coefficient (Wildman–Crippen LogP) is 1.54. The molecule has 1 nitrogen and oxygen atoms in total. The van der Waals surface area contributed by atoms with E-state index in [9.17, 15) is 4.79 Å². The summed E-state index contributed by atoms with van der Waals surface area (Å²) in [5, 5.41) is 0. The normalized spacial score (nSPS) is 39.8. The van der Waals surface area contributed by atoms with Crippen molar-refractivity contribution >= 4 is 5.78 Å². The highest BCUT2D eigenvalue weighted by Gasteiger charge is 2.29. The van der Waals surface area contributed by atoms with Crippen LogP contribution in [0.3, 0.4) is 0 Å². The number of hydrogen-bond donors (Lipinski definition) is 0. The van der Waals surface area contributed by atoms with Crippen LogP contribution in [0.15, 0.2) is 12.2 Å². The van der Waals surface area contributed by atoms with Crippen molar-refractivity contribution in [3.63, 3.8) is 0 Å². The Morgan fingerprint density at radius 2 is 2.22 bits per heavy atom. The highest BCUT2D eigenvalue weighted by atomic mass is 16.1. The van der Waals surface area contributed by atoms with Crippen LogP contribution in [0.5, 0.6) is 0 Å². The van der Waals surface area contributed by atoms with Crippen molar-refractivity contribution in [1.82, 2.24) is 0 Å². The van der Waals surface area contributed by atoms with E-state index in [1.54, 1.807) is 0 Å². The van der Waals surface area contributed by atoms with E-state index in [0.29, 0.717) is 17.6 Å². The Kier molecular flexibility index (Phi) is 0.981. The Labute approximate surface area is 54.8 Å². The van der Waals surface area contributed by atoms with Crippen LogP contribution in [0.2, 0.25) is 0 Å². The highest BCUT2D eigenvalue weighted by Crippen LogP contribution is 2.32. The molecule has 2 bridgehead atoms. The Morgan fingerprint density at radius 1 is 1.33 bits per heavy atom. The van der Waals surface area contributed by atoms with E-state index in [1.165, 1.54) is 6.42 Å². The summed E-state index contributed by atoms with van der Waals surface area (Å²) in [6.07, 6.45) is 7.46. The third-order valence-electron chi connectivity index (χ3n) is 2.34. The molecule has 2 atom stereocenters. The van der Waals surface area contributed by atoms with Crippen LogP contribution >= 0.6 is 0 Å². The molecular weight excluding hydrogens is 112 g/mol. The van der Waals surface area contributed by atoms with Crippen LogP contribution in [0.25, 0.3) is 0 Å². The second-order valence-corrected chi connectivity index (χ2v) is 3.00. The van der Waals surface area contributed by atoms with Gasteiger partial charge in [-0.15, -0.1) is 0 Å². The minimum atomic E-state index is 0.301. The van der Waals surface area contributed by atoms with E-state index < -0.39 is 0 Å². The van der Waals surface area contributed by atoms with Crippen LogP contribution in [-0.4, -0.2) is 5.78 Å². The molecule has 0 aliphatic heterocycles. The van der Waals surface area contributed by atoms with Gasteiger partial charge in [0.15, 0.2) is 0 Å². The summed E-state index contributed by atoms with van der Waals surface area (Å²) in [5.74, 6) is 1.37. The van der Waals surface area contributed by atoms with Gasteiger partial charge in [0.1, 0.15) is 5.78 Å². The quantitative estimate of drug-likeness (QED) is 0.445. The van der Waals surface area contributed by atoms with Crippen LogP contribution in [-0.2, 0) is 4.79 Å². The van der Waals surface area contributed by atoms with E-state index in [1.807, 2.05) is 0 Å². The third-order valence-corrected chi connectivity index (χ3v) is 2.34. The lowest BCUT2D eigenvalue weighted by Crippen LogP contribution is -2.26. The average molecular weight is 122 g/mol. The fourth-order valence-electron chi connectivity index (χ4n) is 1.73. The van der Waals surface area contributed by atoms with Crippen molar-refractivity contribution in [2.45, 2.75) is 19.3 Å². The Balaban J connectivity index is 2.29. The minimum absolute atomic E-state index is 0.301. The molecule has 0 aromatic heterocycles. The SMILES string of the molecule is O=C1CC2C=C[C@H]1CC2. The Morgan fingerprint density at radius 3 is 2.44 bits per heavy atom. The van der Waals surface area contributed by atoms with Gasteiger partial charge in [0.2, 0.25) is 0 Å². The molecule has 3 aliphatic rings. The van der Waals surface area contributed by atoms with Gasteiger partial charge in [-0.1, -0.05) is 12.2 Å². The van der Waals surface area contributed by atoms with E-state index in [-0.39, 0.29) is 0 Å². The molecule has 0 heterocycles. The lowest BCUT2D eigenvalue weighted by Gasteiger charge is -2.28. The van der Waals surface area contributed by atoms with Crippen LogP contribution in [0, 0.1) is 11.8 Å². The van der Waals surface area contributed by atoms with Crippen molar-refractivity contribution in [2.75, 3.05) is 0 Å². The lowest BCUT2D eigenvalue weighted by atomic mass is 9.75. The van der Waals surface area contributed by atoms with E-state index in [4.69, 9.17) is 0 Å². The monoisotopic (exact) mass is 122 g/mol. The maximum atomic E-state index is 11.0. The number of allylic oxidation sites excluding steroid dienone is 2. The lowest BCUT2D eigenvalue weighted by molar-refractivity contribution is -0.124. The van der Waals surface area contributed by atoms with Gasteiger partial charge < -0.3 is 0 Å². The van der Waals surface area contributed by atoms with Gasteiger partial charge in [0, 0.05) is 12.3 Å². The molecule has 0 N–H and O–H groups in total.